The Labute approximate surface area is 46.5 Å². The van der Waals surface area contributed by atoms with E-state index in [1.54, 1.807) is 0 Å². The van der Waals surface area contributed by atoms with E-state index in [1.165, 1.54) is 0 Å². The minimum atomic E-state index is -1.07. The van der Waals surface area contributed by atoms with E-state index in [9.17, 15) is 9.59 Å². The van der Waals surface area contributed by atoms with Crippen molar-refractivity contribution in [3.8, 4) is 0 Å². The minimum absolute atomic E-state index is 0.359. The fraction of sp³-hybridized carbons (Fsp3) is 0.250. The van der Waals surface area contributed by atoms with Crippen LogP contribution >= 0.6 is 0 Å². The maximum absolute atomic E-state index is 9.86. The molecule has 4 nitrogen and oxygen atoms in total. The summed E-state index contributed by atoms with van der Waals surface area (Å²) in [5.74, 6) is -1.64. The summed E-state index contributed by atoms with van der Waals surface area (Å²) in [6.07, 6.45) is 0. The number of carboxylic acids is 1. The van der Waals surface area contributed by atoms with Gasteiger partial charge in [-0.15, -0.1) is 0 Å². The number of hydrogen-bond acceptors (Lipinski definition) is 2. The second-order valence-electron chi connectivity index (χ2n) is 1.17. The molecule has 2 N–H and O–H groups in total. The van der Waals surface area contributed by atoms with Crippen LogP contribution in [0.2, 0.25) is 0 Å². The van der Waals surface area contributed by atoms with Crippen LogP contribution in [-0.4, -0.2) is 23.5 Å². The molecule has 8 heavy (non-hydrogen) atoms. The Morgan fingerprint density at radius 2 is 2.12 bits per heavy atom. The highest BCUT2D eigenvalue weighted by molar-refractivity contribution is 5.83. The zero-order valence-electron chi connectivity index (χ0n) is 4.18. The van der Waals surface area contributed by atoms with E-state index in [1.807, 2.05) is 5.32 Å². The summed E-state index contributed by atoms with van der Waals surface area (Å²) in [4.78, 5) is 19.5. The molecule has 0 heterocycles. The van der Waals surface area contributed by atoms with E-state index >= 15 is 0 Å². The molecule has 45 valence electrons. The van der Waals surface area contributed by atoms with Crippen LogP contribution < -0.4 is 5.32 Å². The minimum Gasteiger partial charge on any atom is -0.480 e. The Morgan fingerprint density at radius 3 is 2.25 bits per heavy atom. The number of hydrogen-bond donors (Lipinski definition) is 2. The van der Waals surface area contributed by atoms with Crippen molar-refractivity contribution in [2.24, 2.45) is 0 Å². The second-order valence-corrected chi connectivity index (χ2v) is 1.17. The molecule has 1 radical (unpaired) electrons. The Balaban J connectivity index is 3.18. The number of amides is 1. The topological polar surface area (TPSA) is 66.4 Å². The van der Waals surface area contributed by atoms with Gasteiger partial charge in [0.1, 0.15) is 6.54 Å². The molecule has 1 amide bonds. The quantitative estimate of drug-likeness (QED) is 0.487. The number of carboxylic acid groups (broad SMARTS) is 1. The van der Waals surface area contributed by atoms with Crippen molar-refractivity contribution in [1.29, 1.82) is 0 Å². The zero-order valence-corrected chi connectivity index (χ0v) is 4.18. The Hall–Kier alpha value is -1.06. The third-order valence-electron chi connectivity index (χ3n) is 0.437. The van der Waals surface area contributed by atoms with E-state index in [0.717, 1.165) is 0 Å². The summed E-state index contributed by atoms with van der Waals surface area (Å²) in [5, 5.41) is 9.92. The van der Waals surface area contributed by atoms with Gasteiger partial charge in [0.2, 0.25) is 5.91 Å². The first-order valence-corrected chi connectivity index (χ1v) is 1.94. The largest absolute Gasteiger partial charge is 0.480 e. The molecular weight excluding hydrogens is 110 g/mol. The van der Waals surface area contributed by atoms with Crippen molar-refractivity contribution in [3.63, 3.8) is 0 Å². The molecule has 0 aliphatic rings. The monoisotopic (exact) mass is 116 g/mol. The number of rotatable bonds is 2. The van der Waals surface area contributed by atoms with Crippen molar-refractivity contribution < 1.29 is 14.7 Å². The Kier molecular flexibility index (Phi) is 2.61. The van der Waals surface area contributed by atoms with Gasteiger partial charge in [-0.3, -0.25) is 9.59 Å². The van der Waals surface area contributed by atoms with Crippen LogP contribution in [0.4, 0.5) is 0 Å². The molecular formula is C4H6NO3. The SMILES string of the molecule is [CH2]C(=O)NCC(=O)O. The molecule has 0 aliphatic heterocycles. The van der Waals surface area contributed by atoms with E-state index < -0.39 is 11.9 Å². The standard InChI is InChI=1S/C4H6NO3/c1-3(6)5-2-4(7)8/h1-2H2,(H,5,6)(H,7,8). The van der Waals surface area contributed by atoms with E-state index in [2.05, 4.69) is 6.92 Å². The number of aliphatic carboxylic acids is 1. The van der Waals surface area contributed by atoms with Gasteiger partial charge < -0.3 is 10.4 Å². The van der Waals surface area contributed by atoms with E-state index in [4.69, 9.17) is 5.11 Å². The van der Waals surface area contributed by atoms with Gasteiger partial charge >= 0.3 is 5.97 Å². The van der Waals surface area contributed by atoms with Gasteiger partial charge in [-0.1, -0.05) is 0 Å². The van der Waals surface area contributed by atoms with Crippen LogP contribution in [0.3, 0.4) is 0 Å². The second kappa shape index (κ2) is 3.01. The molecule has 0 aromatic carbocycles. The Morgan fingerprint density at radius 1 is 1.62 bits per heavy atom. The molecule has 4 heteroatoms. The Bertz CT molecular complexity index is 95.9. The predicted octanol–water partition coefficient (Wildman–Crippen LogP) is -0.979. The first-order chi connectivity index (χ1) is 3.63. The average Bonchev–Trinajstić information content (AvgIpc) is 1.61. The van der Waals surface area contributed by atoms with Crippen molar-refractivity contribution >= 4 is 11.9 Å². The maximum atomic E-state index is 9.86. The molecule has 0 saturated heterocycles. The third kappa shape index (κ3) is 4.94. The molecule has 0 atom stereocenters. The maximum Gasteiger partial charge on any atom is 0.322 e. The number of carbonyl (C=O) groups excluding carboxylic acids is 1. The fourth-order valence-electron chi connectivity index (χ4n) is 0.174. The highest BCUT2D eigenvalue weighted by Crippen LogP contribution is 1.59. The molecule has 0 aromatic heterocycles. The summed E-state index contributed by atoms with van der Waals surface area (Å²) in [6, 6.07) is 0. The van der Waals surface area contributed by atoms with Crippen molar-refractivity contribution in [2.75, 3.05) is 6.54 Å². The summed E-state index contributed by atoms with van der Waals surface area (Å²) >= 11 is 0. The summed E-state index contributed by atoms with van der Waals surface area (Å²) < 4.78 is 0. The lowest BCUT2D eigenvalue weighted by Gasteiger charge is -1.92. The zero-order chi connectivity index (χ0) is 6.57. The molecule has 0 rings (SSSR count). The normalized spacial score (nSPS) is 8.12. The van der Waals surface area contributed by atoms with Gasteiger partial charge in [-0.05, 0) is 0 Å². The molecule has 0 aliphatic carbocycles. The van der Waals surface area contributed by atoms with Crippen LogP contribution in [0.5, 0.6) is 0 Å². The highest BCUT2D eigenvalue weighted by atomic mass is 16.4. The molecule has 0 bridgehead atoms. The van der Waals surface area contributed by atoms with Crippen LogP contribution in [0.15, 0.2) is 0 Å². The molecule has 0 aromatic rings. The predicted molar refractivity (Wildman–Crippen MR) is 26.0 cm³/mol. The average molecular weight is 116 g/mol. The van der Waals surface area contributed by atoms with Crippen molar-refractivity contribution in [1.82, 2.24) is 5.32 Å². The lowest BCUT2D eigenvalue weighted by atomic mass is 10.6. The molecule has 0 spiro atoms. The first-order valence-electron chi connectivity index (χ1n) is 1.94. The van der Waals surface area contributed by atoms with Gasteiger partial charge in [0.25, 0.3) is 0 Å². The third-order valence-corrected chi connectivity index (χ3v) is 0.437. The van der Waals surface area contributed by atoms with Crippen LogP contribution in [0.25, 0.3) is 0 Å². The fourth-order valence-corrected chi connectivity index (χ4v) is 0.174. The lowest BCUT2D eigenvalue weighted by Crippen LogP contribution is -2.26. The van der Waals surface area contributed by atoms with Gasteiger partial charge in [0.05, 0.1) is 0 Å². The van der Waals surface area contributed by atoms with E-state index in [-0.39, 0.29) is 6.54 Å². The molecule has 0 fully saturated rings. The van der Waals surface area contributed by atoms with Crippen molar-refractivity contribution in [2.45, 2.75) is 0 Å². The number of nitrogens with one attached hydrogen (secondary N) is 1. The van der Waals surface area contributed by atoms with Crippen LogP contribution in [0, 0.1) is 6.92 Å². The molecule has 0 saturated carbocycles. The van der Waals surface area contributed by atoms with Gasteiger partial charge in [0.15, 0.2) is 0 Å². The smallest absolute Gasteiger partial charge is 0.322 e. The van der Waals surface area contributed by atoms with Crippen molar-refractivity contribution in [3.05, 3.63) is 6.92 Å². The summed E-state index contributed by atoms with van der Waals surface area (Å²) in [7, 11) is 0. The first kappa shape index (κ1) is 6.94. The van der Waals surface area contributed by atoms with E-state index in [0.29, 0.717) is 0 Å². The molecule has 0 unspecified atom stereocenters. The summed E-state index contributed by atoms with van der Waals surface area (Å²) in [5.41, 5.74) is 0. The van der Waals surface area contributed by atoms with Crippen LogP contribution in [0.1, 0.15) is 0 Å². The highest BCUT2D eigenvalue weighted by Gasteiger charge is 1.94. The van der Waals surface area contributed by atoms with Crippen LogP contribution in [-0.2, 0) is 9.59 Å². The lowest BCUT2D eigenvalue weighted by molar-refractivity contribution is -0.137. The summed E-state index contributed by atoms with van der Waals surface area (Å²) in [6.45, 7) is 2.54. The van der Waals surface area contributed by atoms with Gasteiger partial charge in [0, 0.05) is 6.92 Å². The number of carbonyl (C=O) groups is 2. The van der Waals surface area contributed by atoms with Gasteiger partial charge in [-0.2, -0.15) is 0 Å². The van der Waals surface area contributed by atoms with Gasteiger partial charge in [-0.25, -0.2) is 0 Å².